The molecule has 1 N–H and O–H groups in total. The number of carboxylic acid groups (broad SMARTS) is 1. The van der Waals surface area contributed by atoms with Gasteiger partial charge in [0.25, 0.3) is 6.01 Å². The van der Waals surface area contributed by atoms with Crippen molar-refractivity contribution in [3.05, 3.63) is 59.2 Å². The van der Waals surface area contributed by atoms with E-state index in [1.54, 1.807) is 6.07 Å². The van der Waals surface area contributed by atoms with E-state index in [2.05, 4.69) is 17.1 Å². The Morgan fingerprint density at radius 3 is 2.52 bits per heavy atom. The highest BCUT2D eigenvalue weighted by Gasteiger charge is 2.22. The Kier molecular flexibility index (Phi) is 2.47. The van der Waals surface area contributed by atoms with Gasteiger partial charge in [-0.15, -0.1) is 0 Å². The highest BCUT2D eigenvalue weighted by atomic mass is 16.4. The highest BCUT2D eigenvalue weighted by molar-refractivity contribution is 5.92. The van der Waals surface area contributed by atoms with Crippen LogP contribution in [-0.4, -0.2) is 16.1 Å². The van der Waals surface area contributed by atoms with Crippen LogP contribution in [0.15, 0.2) is 46.9 Å². The molecule has 1 aliphatic rings. The topological polar surface area (TPSA) is 66.6 Å². The fourth-order valence-electron chi connectivity index (χ4n) is 2.65. The molecule has 2 aromatic carbocycles. The van der Waals surface area contributed by atoms with Gasteiger partial charge >= 0.3 is 5.97 Å². The van der Waals surface area contributed by atoms with Crippen LogP contribution in [0.4, 0.5) is 6.01 Å². The zero-order valence-corrected chi connectivity index (χ0v) is 11.1. The molecule has 0 aliphatic carbocycles. The van der Waals surface area contributed by atoms with Crippen LogP contribution in [0.1, 0.15) is 21.5 Å². The maximum absolute atomic E-state index is 11.0. The number of nitrogens with zero attached hydrogens (tertiary/aromatic N) is 2. The summed E-state index contributed by atoms with van der Waals surface area (Å²) in [4.78, 5) is 17.5. The second-order valence-corrected chi connectivity index (χ2v) is 5.11. The Morgan fingerprint density at radius 2 is 1.86 bits per heavy atom. The molecule has 0 bridgehead atoms. The molecule has 5 heteroatoms. The van der Waals surface area contributed by atoms with Crippen LogP contribution in [0.2, 0.25) is 0 Å². The zero-order chi connectivity index (χ0) is 14.4. The average Bonchev–Trinajstić information content (AvgIpc) is 3.09. The highest BCUT2D eigenvalue weighted by Crippen LogP contribution is 2.30. The summed E-state index contributed by atoms with van der Waals surface area (Å²) in [7, 11) is 0. The largest absolute Gasteiger partial charge is 0.478 e. The van der Waals surface area contributed by atoms with Gasteiger partial charge in [-0.3, -0.25) is 0 Å². The summed E-state index contributed by atoms with van der Waals surface area (Å²) in [5.41, 5.74) is 3.92. The van der Waals surface area contributed by atoms with E-state index in [4.69, 9.17) is 9.52 Å². The molecule has 0 saturated heterocycles. The van der Waals surface area contributed by atoms with Crippen LogP contribution in [0.25, 0.3) is 11.1 Å². The van der Waals surface area contributed by atoms with Crippen LogP contribution in [0.5, 0.6) is 0 Å². The van der Waals surface area contributed by atoms with E-state index in [0.717, 1.165) is 13.1 Å². The molecular formula is C16H12N2O3. The molecule has 0 saturated carbocycles. The van der Waals surface area contributed by atoms with Gasteiger partial charge in [-0.25, -0.2) is 4.79 Å². The molecule has 0 amide bonds. The van der Waals surface area contributed by atoms with Crippen LogP contribution < -0.4 is 4.90 Å². The van der Waals surface area contributed by atoms with Crippen molar-refractivity contribution in [3.8, 4) is 0 Å². The third kappa shape index (κ3) is 1.94. The SMILES string of the molecule is O=C(O)c1ccc2nc(N3Cc4ccccc4C3)oc2c1. The number of anilines is 1. The minimum Gasteiger partial charge on any atom is -0.478 e. The van der Waals surface area contributed by atoms with E-state index in [1.165, 1.54) is 23.3 Å². The number of rotatable bonds is 2. The summed E-state index contributed by atoms with van der Waals surface area (Å²) in [6.45, 7) is 1.52. The third-order valence-corrected chi connectivity index (χ3v) is 3.74. The van der Waals surface area contributed by atoms with Crippen molar-refractivity contribution >= 4 is 23.1 Å². The number of hydrogen-bond donors (Lipinski definition) is 1. The lowest BCUT2D eigenvalue weighted by atomic mass is 10.1. The molecule has 2 heterocycles. The molecule has 3 aromatic rings. The van der Waals surface area contributed by atoms with Crippen LogP contribution in [0.3, 0.4) is 0 Å². The predicted octanol–water partition coefficient (Wildman–Crippen LogP) is 3.05. The van der Waals surface area contributed by atoms with Crippen molar-refractivity contribution in [2.45, 2.75) is 13.1 Å². The Bertz CT molecular complexity index is 829. The van der Waals surface area contributed by atoms with E-state index in [0.29, 0.717) is 17.1 Å². The fourth-order valence-corrected chi connectivity index (χ4v) is 2.65. The van der Waals surface area contributed by atoms with E-state index < -0.39 is 5.97 Å². The summed E-state index contributed by atoms with van der Waals surface area (Å²) in [6, 6.07) is 13.5. The standard InChI is InChI=1S/C16H12N2O3/c19-15(20)10-5-6-13-14(7-10)21-16(17-13)18-8-11-3-1-2-4-12(11)9-18/h1-7H,8-9H2,(H,19,20). The van der Waals surface area contributed by atoms with Gasteiger partial charge in [-0.1, -0.05) is 24.3 Å². The first kappa shape index (κ1) is 12.0. The van der Waals surface area contributed by atoms with Gasteiger partial charge in [0, 0.05) is 13.1 Å². The van der Waals surface area contributed by atoms with Gasteiger partial charge < -0.3 is 14.4 Å². The lowest BCUT2D eigenvalue weighted by Gasteiger charge is -2.10. The Morgan fingerprint density at radius 1 is 1.14 bits per heavy atom. The van der Waals surface area contributed by atoms with Crippen molar-refractivity contribution < 1.29 is 14.3 Å². The molecule has 1 aromatic heterocycles. The summed E-state index contributed by atoms with van der Waals surface area (Å²) in [5, 5.41) is 9.01. The first-order valence-electron chi connectivity index (χ1n) is 6.66. The molecule has 1 aliphatic heterocycles. The molecule has 0 spiro atoms. The second kappa shape index (κ2) is 4.34. The lowest BCUT2D eigenvalue weighted by Crippen LogP contribution is -2.14. The van der Waals surface area contributed by atoms with Crippen LogP contribution in [-0.2, 0) is 13.1 Å². The van der Waals surface area contributed by atoms with Gasteiger partial charge in [0.1, 0.15) is 5.52 Å². The number of aromatic carboxylic acids is 1. The molecule has 0 unspecified atom stereocenters. The average molecular weight is 280 g/mol. The minimum atomic E-state index is -0.969. The summed E-state index contributed by atoms with van der Waals surface area (Å²) in [6.07, 6.45) is 0. The minimum absolute atomic E-state index is 0.204. The normalized spacial score (nSPS) is 13.6. The zero-order valence-electron chi connectivity index (χ0n) is 11.1. The van der Waals surface area contributed by atoms with Crippen molar-refractivity contribution in [2.24, 2.45) is 0 Å². The van der Waals surface area contributed by atoms with E-state index in [-0.39, 0.29) is 5.56 Å². The summed E-state index contributed by atoms with van der Waals surface area (Å²) in [5.74, 6) is -0.969. The van der Waals surface area contributed by atoms with Gasteiger partial charge in [-0.2, -0.15) is 4.98 Å². The van der Waals surface area contributed by atoms with Crippen molar-refractivity contribution in [1.82, 2.24) is 4.98 Å². The maximum Gasteiger partial charge on any atom is 0.335 e. The predicted molar refractivity (Wildman–Crippen MR) is 77.3 cm³/mol. The number of fused-ring (bicyclic) bond motifs is 2. The first-order chi connectivity index (χ1) is 10.2. The van der Waals surface area contributed by atoms with E-state index in [1.807, 2.05) is 17.0 Å². The molecule has 5 nitrogen and oxygen atoms in total. The third-order valence-electron chi connectivity index (χ3n) is 3.74. The monoisotopic (exact) mass is 280 g/mol. The quantitative estimate of drug-likeness (QED) is 0.781. The summed E-state index contributed by atoms with van der Waals surface area (Å²) < 4.78 is 5.73. The number of carboxylic acids is 1. The molecule has 0 atom stereocenters. The molecular weight excluding hydrogens is 268 g/mol. The van der Waals surface area contributed by atoms with E-state index >= 15 is 0 Å². The van der Waals surface area contributed by atoms with Gasteiger partial charge in [0.2, 0.25) is 0 Å². The summed E-state index contributed by atoms with van der Waals surface area (Å²) >= 11 is 0. The molecule has 4 rings (SSSR count). The Balaban J connectivity index is 1.71. The molecule has 104 valence electrons. The lowest BCUT2D eigenvalue weighted by molar-refractivity contribution is 0.0697. The Hall–Kier alpha value is -2.82. The van der Waals surface area contributed by atoms with Gasteiger partial charge in [0.15, 0.2) is 5.58 Å². The first-order valence-corrected chi connectivity index (χ1v) is 6.66. The van der Waals surface area contributed by atoms with Crippen LogP contribution in [0, 0.1) is 0 Å². The van der Waals surface area contributed by atoms with E-state index in [9.17, 15) is 4.79 Å². The van der Waals surface area contributed by atoms with Gasteiger partial charge in [-0.05, 0) is 29.3 Å². The number of carbonyl (C=O) groups is 1. The number of benzene rings is 2. The van der Waals surface area contributed by atoms with Gasteiger partial charge in [0.05, 0.1) is 5.56 Å². The molecule has 0 fully saturated rings. The molecule has 0 radical (unpaired) electrons. The number of hydrogen-bond acceptors (Lipinski definition) is 4. The fraction of sp³-hybridized carbons (Fsp3) is 0.125. The van der Waals surface area contributed by atoms with Crippen LogP contribution >= 0.6 is 0 Å². The number of aromatic nitrogens is 1. The van der Waals surface area contributed by atoms with Crippen molar-refractivity contribution in [2.75, 3.05) is 4.90 Å². The Labute approximate surface area is 120 Å². The second-order valence-electron chi connectivity index (χ2n) is 5.11. The van der Waals surface area contributed by atoms with Crippen molar-refractivity contribution in [3.63, 3.8) is 0 Å². The maximum atomic E-state index is 11.0. The number of oxazole rings is 1. The smallest absolute Gasteiger partial charge is 0.335 e. The molecule has 21 heavy (non-hydrogen) atoms. The van der Waals surface area contributed by atoms with Crippen molar-refractivity contribution in [1.29, 1.82) is 0 Å².